The van der Waals surface area contributed by atoms with Gasteiger partial charge in [-0.2, -0.15) is 0 Å². The number of aldehydes is 1. The van der Waals surface area contributed by atoms with Crippen LogP contribution in [0.1, 0.15) is 89.2 Å². The lowest BCUT2D eigenvalue weighted by molar-refractivity contribution is -0.148. The predicted molar refractivity (Wildman–Crippen MR) is 139 cm³/mol. The molecule has 2 fully saturated rings. The van der Waals surface area contributed by atoms with Crippen LogP contribution in [0.25, 0.3) is 6.08 Å². The number of fused-ring (bicyclic) bond motifs is 6. The Hall–Kier alpha value is -2.42. The Bertz CT molecular complexity index is 1160. The van der Waals surface area contributed by atoms with E-state index < -0.39 is 0 Å². The summed E-state index contributed by atoms with van der Waals surface area (Å²) < 4.78 is 5.61. The molecule has 0 N–H and O–H groups in total. The van der Waals surface area contributed by atoms with E-state index in [4.69, 9.17) is 4.74 Å². The molecule has 35 heavy (non-hydrogen) atoms. The van der Waals surface area contributed by atoms with E-state index in [0.29, 0.717) is 23.7 Å². The smallest absolute Gasteiger partial charge is 0.302 e. The summed E-state index contributed by atoms with van der Waals surface area (Å²) in [6, 6.07) is 8.76. The Morgan fingerprint density at radius 3 is 2.63 bits per heavy atom. The molecule has 5 aliphatic carbocycles. The third-order valence-electron chi connectivity index (χ3n) is 10.7. The van der Waals surface area contributed by atoms with Gasteiger partial charge in [-0.3, -0.25) is 9.59 Å². The molecule has 0 heterocycles. The molecule has 2 saturated carbocycles. The van der Waals surface area contributed by atoms with Crippen molar-refractivity contribution in [1.82, 2.24) is 0 Å². The number of allylic oxidation sites excluding steroid dienone is 4. The summed E-state index contributed by atoms with van der Waals surface area (Å²) in [5.74, 6) is 1.98. The molecule has 0 spiro atoms. The summed E-state index contributed by atoms with van der Waals surface area (Å²) in [4.78, 5) is 24.1. The van der Waals surface area contributed by atoms with Crippen LogP contribution >= 0.6 is 0 Å². The van der Waals surface area contributed by atoms with Gasteiger partial charge in [-0.05, 0) is 95.8 Å². The second-order valence-electron chi connectivity index (χ2n) is 12.3. The molecule has 3 nitrogen and oxygen atoms in total. The second kappa shape index (κ2) is 8.32. The summed E-state index contributed by atoms with van der Waals surface area (Å²) >= 11 is 0. The van der Waals surface area contributed by atoms with Crippen LogP contribution < -0.4 is 0 Å². The standard InChI is InChI=1S/C32H38O3/c1-20(34)35-24-13-15-31(2)23(18-24)11-12-27-28(31)14-16-32(3)29(27)17-22(19-33)30(32)26-10-6-8-21-7-4-5-9-25(21)26/h4-9,11,19,24,26-29H,10,12-18H2,1-3H3. The van der Waals surface area contributed by atoms with Crippen LogP contribution in [0.5, 0.6) is 0 Å². The number of carbonyl (C=O) groups is 2. The zero-order chi connectivity index (χ0) is 24.4. The first-order valence-electron chi connectivity index (χ1n) is 13.7. The molecule has 0 bridgehead atoms. The first-order chi connectivity index (χ1) is 16.8. The average molecular weight is 471 g/mol. The van der Waals surface area contributed by atoms with Gasteiger partial charge in [-0.15, -0.1) is 0 Å². The largest absolute Gasteiger partial charge is 0.462 e. The molecular weight excluding hydrogens is 432 g/mol. The number of ether oxygens (including phenoxy) is 1. The van der Waals surface area contributed by atoms with E-state index in [0.717, 1.165) is 44.1 Å². The summed E-state index contributed by atoms with van der Waals surface area (Å²) in [5.41, 5.74) is 7.06. The number of benzene rings is 1. The second-order valence-corrected chi connectivity index (χ2v) is 12.3. The van der Waals surface area contributed by atoms with Gasteiger partial charge in [0.25, 0.3) is 0 Å². The van der Waals surface area contributed by atoms with Gasteiger partial charge in [0.1, 0.15) is 12.4 Å². The van der Waals surface area contributed by atoms with Crippen LogP contribution in [0.2, 0.25) is 0 Å². The van der Waals surface area contributed by atoms with Crippen molar-refractivity contribution in [2.24, 2.45) is 28.6 Å². The van der Waals surface area contributed by atoms with E-state index >= 15 is 0 Å². The fraction of sp³-hybridized carbons (Fsp3) is 0.562. The van der Waals surface area contributed by atoms with E-state index in [1.54, 1.807) is 0 Å². The Balaban J connectivity index is 1.33. The minimum Gasteiger partial charge on any atom is -0.462 e. The van der Waals surface area contributed by atoms with Crippen molar-refractivity contribution in [3.8, 4) is 0 Å². The predicted octanol–water partition coefficient (Wildman–Crippen LogP) is 7.19. The monoisotopic (exact) mass is 470 g/mol. The van der Waals surface area contributed by atoms with Gasteiger partial charge >= 0.3 is 5.97 Å². The van der Waals surface area contributed by atoms with Crippen LogP contribution in [0, 0.1) is 28.6 Å². The Morgan fingerprint density at radius 1 is 1.03 bits per heavy atom. The minimum absolute atomic E-state index is 0.0399. The molecule has 7 unspecified atom stereocenters. The third kappa shape index (κ3) is 3.44. The average Bonchev–Trinajstić information content (AvgIpc) is 3.16. The first kappa shape index (κ1) is 23.0. The Kier molecular flexibility index (Phi) is 5.47. The summed E-state index contributed by atoms with van der Waals surface area (Å²) in [6.07, 6.45) is 16.7. The van der Waals surface area contributed by atoms with Crippen molar-refractivity contribution in [3.05, 3.63) is 64.3 Å². The maximum atomic E-state index is 12.5. The maximum absolute atomic E-state index is 12.5. The maximum Gasteiger partial charge on any atom is 0.302 e. The summed E-state index contributed by atoms with van der Waals surface area (Å²) in [6.45, 7) is 6.49. The summed E-state index contributed by atoms with van der Waals surface area (Å²) in [7, 11) is 0. The lowest BCUT2D eigenvalue weighted by Gasteiger charge is -2.58. The minimum atomic E-state index is -0.161. The van der Waals surface area contributed by atoms with Gasteiger partial charge in [0.2, 0.25) is 0 Å². The number of carbonyl (C=O) groups excluding carboxylic acids is 2. The number of hydrogen-bond acceptors (Lipinski definition) is 3. The van der Waals surface area contributed by atoms with Crippen LogP contribution in [-0.2, 0) is 14.3 Å². The highest BCUT2D eigenvalue weighted by Gasteiger charge is 2.59. The topological polar surface area (TPSA) is 43.4 Å². The van der Waals surface area contributed by atoms with E-state index in [9.17, 15) is 9.59 Å². The number of hydrogen-bond donors (Lipinski definition) is 0. The van der Waals surface area contributed by atoms with Gasteiger partial charge in [-0.25, -0.2) is 0 Å². The van der Waals surface area contributed by atoms with Crippen molar-refractivity contribution in [2.45, 2.75) is 84.2 Å². The van der Waals surface area contributed by atoms with Crippen LogP contribution in [-0.4, -0.2) is 18.4 Å². The van der Waals surface area contributed by atoms with E-state index in [1.165, 1.54) is 48.3 Å². The lowest BCUT2D eigenvalue weighted by Crippen LogP contribution is -2.50. The Labute approximate surface area is 209 Å². The molecule has 0 aliphatic heterocycles. The van der Waals surface area contributed by atoms with Gasteiger partial charge in [-0.1, -0.05) is 61.9 Å². The van der Waals surface area contributed by atoms with E-state index in [-0.39, 0.29) is 22.9 Å². The first-order valence-corrected chi connectivity index (χ1v) is 13.7. The van der Waals surface area contributed by atoms with Crippen molar-refractivity contribution >= 4 is 18.3 Å². The van der Waals surface area contributed by atoms with Gasteiger partial charge in [0, 0.05) is 19.3 Å². The Morgan fingerprint density at radius 2 is 1.83 bits per heavy atom. The molecule has 184 valence electrons. The lowest BCUT2D eigenvalue weighted by atomic mass is 9.47. The molecule has 0 aromatic heterocycles. The number of rotatable bonds is 3. The van der Waals surface area contributed by atoms with Crippen LogP contribution in [0.3, 0.4) is 0 Å². The highest BCUT2D eigenvalue weighted by Crippen LogP contribution is 2.68. The molecule has 1 aromatic carbocycles. The fourth-order valence-electron chi connectivity index (χ4n) is 9.15. The summed E-state index contributed by atoms with van der Waals surface area (Å²) in [5, 5.41) is 0. The van der Waals surface area contributed by atoms with Crippen LogP contribution in [0.4, 0.5) is 0 Å². The van der Waals surface area contributed by atoms with Gasteiger partial charge in [0.05, 0.1) is 0 Å². The van der Waals surface area contributed by atoms with Crippen molar-refractivity contribution in [1.29, 1.82) is 0 Å². The molecule has 0 radical (unpaired) electrons. The van der Waals surface area contributed by atoms with E-state index in [2.05, 4.69) is 56.3 Å². The third-order valence-corrected chi connectivity index (χ3v) is 10.7. The fourth-order valence-corrected chi connectivity index (χ4v) is 9.15. The van der Waals surface area contributed by atoms with Gasteiger partial charge in [0.15, 0.2) is 0 Å². The highest BCUT2D eigenvalue weighted by molar-refractivity contribution is 5.78. The zero-order valence-corrected chi connectivity index (χ0v) is 21.4. The molecule has 1 aromatic rings. The van der Waals surface area contributed by atoms with E-state index in [1.807, 2.05) is 0 Å². The molecule has 0 amide bonds. The molecule has 0 saturated heterocycles. The molecular formula is C32H38O3. The molecule has 7 atom stereocenters. The quantitative estimate of drug-likeness (QED) is 0.267. The normalized spacial score (nSPS) is 39.6. The zero-order valence-electron chi connectivity index (χ0n) is 21.4. The van der Waals surface area contributed by atoms with Gasteiger partial charge < -0.3 is 4.74 Å². The molecule has 5 aliphatic rings. The number of esters is 1. The van der Waals surface area contributed by atoms with Crippen molar-refractivity contribution < 1.29 is 14.3 Å². The highest BCUT2D eigenvalue weighted by atomic mass is 16.5. The molecule has 3 heteroatoms. The van der Waals surface area contributed by atoms with Crippen LogP contribution in [0.15, 0.2) is 53.1 Å². The SMILES string of the molecule is CC(=O)OC1CCC2(C)C(=CCC3C2CCC2(C)C(C4CC=Cc5ccccc54)=C(C=O)CC32)C1. The van der Waals surface area contributed by atoms with Crippen molar-refractivity contribution in [2.75, 3.05) is 0 Å². The van der Waals surface area contributed by atoms with Crippen molar-refractivity contribution in [3.63, 3.8) is 0 Å². The molecule has 6 rings (SSSR count).